The number of hydrogen-bond donors (Lipinski definition) is 2. The molecule has 0 heterocycles. The van der Waals surface area contributed by atoms with E-state index in [1.807, 2.05) is 0 Å². The van der Waals surface area contributed by atoms with Gasteiger partial charge in [0.25, 0.3) is 0 Å². The smallest absolute Gasteiger partial charge is 0.303 e. The van der Waals surface area contributed by atoms with Crippen LogP contribution in [0.2, 0.25) is 0 Å². The molecular weight excluding hydrogens is 160 g/mol. The average molecular weight is 176 g/mol. The zero-order valence-corrected chi connectivity index (χ0v) is 7.97. The van der Waals surface area contributed by atoms with Crippen LogP contribution >= 0.6 is 12.6 Å². The maximum atomic E-state index is 10.1. The van der Waals surface area contributed by atoms with Crippen molar-refractivity contribution in [2.45, 2.75) is 38.4 Å². The molecule has 0 saturated carbocycles. The predicted molar refractivity (Wildman–Crippen MR) is 49.1 cm³/mol. The van der Waals surface area contributed by atoms with Crippen LogP contribution in [0.1, 0.15) is 33.1 Å². The zero-order chi connectivity index (χ0) is 8.85. The van der Waals surface area contributed by atoms with Crippen LogP contribution in [0, 0.1) is 5.92 Å². The first-order valence-corrected chi connectivity index (χ1v) is 4.45. The first-order chi connectivity index (χ1) is 5.04. The summed E-state index contributed by atoms with van der Waals surface area (Å²) in [6.07, 6.45) is 1.90. The molecule has 1 atom stereocenters. The molecule has 1 N–H and O–H groups in total. The Kier molecular flexibility index (Phi) is 5.38. The van der Waals surface area contributed by atoms with Crippen molar-refractivity contribution < 1.29 is 9.90 Å². The van der Waals surface area contributed by atoms with Crippen molar-refractivity contribution in [2.24, 2.45) is 5.92 Å². The summed E-state index contributed by atoms with van der Waals surface area (Å²) in [5, 5.41) is 8.68. The second kappa shape index (κ2) is 5.47. The van der Waals surface area contributed by atoms with Gasteiger partial charge in [-0.3, -0.25) is 4.79 Å². The largest absolute Gasteiger partial charge is 0.481 e. The Morgan fingerprint density at radius 2 is 2.09 bits per heavy atom. The second-order valence-electron chi connectivity index (χ2n) is 3.10. The van der Waals surface area contributed by atoms with E-state index in [2.05, 4.69) is 26.5 Å². The van der Waals surface area contributed by atoms with Crippen molar-refractivity contribution in [3.63, 3.8) is 0 Å². The minimum absolute atomic E-state index is 0.268. The molecule has 0 aromatic carbocycles. The Balaban J connectivity index is 3.31. The van der Waals surface area contributed by atoms with Crippen molar-refractivity contribution in [3.05, 3.63) is 0 Å². The number of thiol groups is 1. The molecule has 0 aliphatic heterocycles. The van der Waals surface area contributed by atoms with E-state index in [1.165, 1.54) is 0 Å². The molecule has 66 valence electrons. The molecule has 0 aliphatic rings. The standard InChI is InChI=1S/C8H16O2S/c1-6(2)7(11)4-3-5-8(9)10/h6-7,11H,3-5H2,1-2H3,(H,9,10). The lowest BCUT2D eigenvalue weighted by Crippen LogP contribution is -2.08. The molecule has 0 fully saturated rings. The monoisotopic (exact) mass is 176 g/mol. The van der Waals surface area contributed by atoms with Gasteiger partial charge in [-0.2, -0.15) is 12.6 Å². The van der Waals surface area contributed by atoms with Gasteiger partial charge in [0.1, 0.15) is 0 Å². The normalized spacial score (nSPS) is 13.5. The minimum atomic E-state index is -0.714. The van der Waals surface area contributed by atoms with Gasteiger partial charge < -0.3 is 5.11 Å². The maximum absolute atomic E-state index is 10.1. The first kappa shape index (κ1) is 10.8. The Labute approximate surface area is 73.4 Å². The van der Waals surface area contributed by atoms with E-state index in [-0.39, 0.29) is 6.42 Å². The molecule has 0 aromatic rings. The number of carboxylic acid groups (broad SMARTS) is 1. The van der Waals surface area contributed by atoms with Crippen molar-refractivity contribution >= 4 is 18.6 Å². The highest BCUT2D eigenvalue weighted by Crippen LogP contribution is 2.15. The van der Waals surface area contributed by atoms with Crippen LogP contribution in [0.5, 0.6) is 0 Å². The van der Waals surface area contributed by atoms with Crippen molar-refractivity contribution in [2.75, 3.05) is 0 Å². The summed E-state index contributed by atoms with van der Waals surface area (Å²) in [7, 11) is 0. The molecular formula is C8H16O2S. The van der Waals surface area contributed by atoms with Gasteiger partial charge in [0, 0.05) is 11.7 Å². The molecule has 2 nitrogen and oxygen atoms in total. The Bertz CT molecular complexity index is 123. The van der Waals surface area contributed by atoms with E-state index >= 15 is 0 Å². The van der Waals surface area contributed by atoms with E-state index in [0.29, 0.717) is 11.2 Å². The molecule has 1 unspecified atom stereocenters. The van der Waals surface area contributed by atoms with Crippen molar-refractivity contribution in [3.8, 4) is 0 Å². The van der Waals surface area contributed by atoms with Crippen LogP contribution in [0.25, 0.3) is 0 Å². The van der Waals surface area contributed by atoms with Crippen molar-refractivity contribution in [1.29, 1.82) is 0 Å². The molecule has 3 heteroatoms. The Morgan fingerprint density at radius 3 is 2.45 bits per heavy atom. The zero-order valence-electron chi connectivity index (χ0n) is 7.08. The fourth-order valence-corrected chi connectivity index (χ4v) is 0.978. The molecule has 11 heavy (non-hydrogen) atoms. The summed E-state index contributed by atoms with van der Waals surface area (Å²) < 4.78 is 0. The van der Waals surface area contributed by atoms with Gasteiger partial charge in [0.15, 0.2) is 0 Å². The Hall–Kier alpha value is -0.180. The highest BCUT2D eigenvalue weighted by atomic mass is 32.1. The molecule has 0 aliphatic carbocycles. The van der Waals surface area contributed by atoms with Gasteiger partial charge in [-0.25, -0.2) is 0 Å². The lowest BCUT2D eigenvalue weighted by atomic mass is 10.0. The summed E-state index contributed by atoms with van der Waals surface area (Å²) in [6, 6.07) is 0. The van der Waals surface area contributed by atoms with E-state index in [1.54, 1.807) is 0 Å². The highest BCUT2D eigenvalue weighted by molar-refractivity contribution is 7.81. The number of aliphatic carboxylic acids is 1. The summed E-state index contributed by atoms with van der Waals surface area (Å²) in [6.45, 7) is 4.19. The first-order valence-electron chi connectivity index (χ1n) is 3.94. The molecule has 0 bridgehead atoms. The van der Waals surface area contributed by atoms with Gasteiger partial charge >= 0.3 is 5.97 Å². The fraction of sp³-hybridized carbons (Fsp3) is 0.875. The maximum Gasteiger partial charge on any atom is 0.303 e. The summed E-state index contributed by atoms with van der Waals surface area (Å²) >= 11 is 4.33. The lowest BCUT2D eigenvalue weighted by molar-refractivity contribution is -0.137. The van der Waals surface area contributed by atoms with E-state index in [0.717, 1.165) is 12.8 Å². The van der Waals surface area contributed by atoms with Crippen molar-refractivity contribution in [1.82, 2.24) is 0 Å². The van der Waals surface area contributed by atoms with Gasteiger partial charge in [-0.05, 0) is 18.8 Å². The number of rotatable bonds is 5. The van der Waals surface area contributed by atoms with Crippen LogP contribution < -0.4 is 0 Å². The summed E-state index contributed by atoms with van der Waals surface area (Å²) in [5.41, 5.74) is 0. The topological polar surface area (TPSA) is 37.3 Å². The van der Waals surface area contributed by atoms with Crippen LogP contribution in [0.3, 0.4) is 0 Å². The van der Waals surface area contributed by atoms with Gasteiger partial charge in [0.05, 0.1) is 0 Å². The van der Waals surface area contributed by atoms with E-state index < -0.39 is 5.97 Å². The Morgan fingerprint density at radius 1 is 1.55 bits per heavy atom. The van der Waals surface area contributed by atoms with Gasteiger partial charge in [-0.1, -0.05) is 13.8 Å². The number of carbonyl (C=O) groups is 1. The molecule has 0 aromatic heterocycles. The third-order valence-electron chi connectivity index (χ3n) is 1.66. The number of hydrogen-bond acceptors (Lipinski definition) is 2. The average Bonchev–Trinajstić information content (AvgIpc) is 1.86. The molecule has 0 rings (SSSR count). The second-order valence-corrected chi connectivity index (χ2v) is 3.76. The summed E-state index contributed by atoms with van der Waals surface area (Å²) in [5.74, 6) is -0.179. The third-order valence-corrected chi connectivity index (χ3v) is 2.51. The van der Waals surface area contributed by atoms with Crippen LogP contribution in [0.15, 0.2) is 0 Å². The lowest BCUT2D eigenvalue weighted by Gasteiger charge is -2.12. The van der Waals surface area contributed by atoms with Crippen LogP contribution in [0.4, 0.5) is 0 Å². The van der Waals surface area contributed by atoms with Gasteiger partial charge in [0.2, 0.25) is 0 Å². The number of carboxylic acids is 1. The summed E-state index contributed by atoms with van der Waals surface area (Å²) in [4.78, 5) is 10.1. The van der Waals surface area contributed by atoms with Crippen LogP contribution in [-0.4, -0.2) is 16.3 Å². The predicted octanol–water partition coefficient (Wildman–Crippen LogP) is 2.20. The molecule has 0 radical (unpaired) electrons. The molecule has 0 spiro atoms. The third kappa shape index (κ3) is 6.23. The minimum Gasteiger partial charge on any atom is -0.481 e. The highest BCUT2D eigenvalue weighted by Gasteiger charge is 2.08. The SMILES string of the molecule is CC(C)C(S)CCCC(=O)O. The fourth-order valence-electron chi connectivity index (χ4n) is 0.796. The molecule has 0 amide bonds. The van der Waals surface area contributed by atoms with Crippen LogP contribution in [-0.2, 0) is 4.79 Å². The van der Waals surface area contributed by atoms with E-state index in [4.69, 9.17) is 5.11 Å². The van der Waals surface area contributed by atoms with E-state index in [9.17, 15) is 4.79 Å². The quantitative estimate of drug-likeness (QED) is 0.630. The van der Waals surface area contributed by atoms with Gasteiger partial charge in [-0.15, -0.1) is 0 Å². The molecule has 0 saturated heterocycles.